The molecule has 2 aromatic heterocycles. The zero-order valence-corrected chi connectivity index (χ0v) is 19.1. The molecule has 0 saturated heterocycles. The molecular weight excluding hydrogens is 428 g/mol. The maximum Gasteiger partial charge on any atom is 0.335 e. The molecule has 0 saturated carbocycles. The molecule has 0 unspecified atom stereocenters. The fraction of sp³-hybridized carbons (Fsp3) is 0.304. The molecule has 0 fully saturated rings. The number of carbonyl (C=O) groups excluding carboxylic acids is 1. The van der Waals surface area contributed by atoms with Crippen molar-refractivity contribution in [2.24, 2.45) is 5.10 Å². The molecule has 0 spiro atoms. The van der Waals surface area contributed by atoms with Gasteiger partial charge >= 0.3 is 5.69 Å². The number of hydrogen-bond donors (Lipinski definition) is 2. The molecule has 0 radical (unpaired) electrons. The van der Waals surface area contributed by atoms with Gasteiger partial charge in [-0.05, 0) is 56.2 Å². The molecule has 3 heterocycles. The van der Waals surface area contributed by atoms with Crippen LogP contribution >= 0.6 is 11.3 Å². The predicted molar refractivity (Wildman–Crippen MR) is 124 cm³/mol. The fourth-order valence-electron chi connectivity index (χ4n) is 4.01. The Hall–Kier alpha value is -3.46. The number of rotatable bonds is 4. The van der Waals surface area contributed by atoms with Crippen LogP contribution in [-0.4, -0.2) is 31.3 Å². The molecule has 8 nitrogen and oxygen atoms in total. The first-order valence-corrected chi connectivity index (χ1v) is 11.1. The average Bonchev–Trinajstić information content (AvgIpc) is 3.32. The number of nitrogens with one attached hydrogen (secondary N) is 1. The smallest absolute Gasteiger partial charge is 0.335 e. The molecule has 9 heteroatoms. The zero-order chi connectivity index (χ0) is 23.2. The van der Waals surface area contributed by atoms with Gasteiger partial charge in [-0.1, -0.05) is 13.0 Å². The molecule has 1 aliphatic heterocycles. The highest BCUT2D eigenvalue weighted by atomic mass is 32.1. The minimum absolute atomic E-state index is 0.103. The molecule has 1 atom stereocenters. The third kappa shape index (κ3) is 3.80. The summed E-state index contributed by atoms with van der Waals surface area (Å²) < 4.78 is 1.06. The Morgan fingerprint density at radius 2 is 1.88 bits per heavy atom. The van der Waals surface area contributed by atoms with E-state index in [9.17, 15) is 19.5 Å². The van der Waals surface area contributed by atoms with Crippen molar-refractivity contribution in [3.8, 4) is 11.6 Å². The lowest BCUT2D eigenvalue weighted by Crippen LogP contribution is -2.33. The molecule has 1 aliphatic rings. The lowest BCUT2D eigenvalue weighted by atomic mass is 10.0. The van der Waals surface area contributed by atoms with Crippen LogP contribution in [0.1, 0.15) is 52.3 Å². The quantitative estimate of drug-likeness (QED) is 0.633. The highest BCUT2D eigenvalue weighted by molar-refractivity contribution is 7.12. The summed E-state index contributed by atoms with van der Waals surface area (Å²) in [6.07, 6.45) is 0.509. The third-order valence-corrected chi connectivity index (χ3v) is 6.50. The number of nitrogens with zero attached hydrogens (tertiary/aromatic N) is 3. The van der Waals surface area contributed by atoms with Crippen LogP contribution in [0, 0.1) is 20.8 Å². The molecule has 0 bridgehead atoms. The Balaban J connectivity index is 1.87. The normalized spacial score (nSPS) is 15.8. The first-order chi connectivity index (χ1) is 15.2. The van der Waals surface area contributed by atoms with Gasteiger partial charge < -0.3 is 5.11 Å². The van der Waals surface area contributed by atoms with Gasteiger partial charge in [-0.2, -0.15) is 5.10 Å². The van der Waals surface area contributed by atoms with Crippen molar-refractivity contribution in [2.75, 3.05) is 0 Å². The lowest BCUT2D eigenvalue weighted by Gasteiger charge is -2.19. The number of hydrogen-bond acceptors (Lipinski definition) is 6. The van der Waals surface area contributed by atoms with Gasteiger partial charge in [0.2, 0.25) is 11.8 Å². The van der Waals surface area contributed by atoms with Gasteiger partial charge in [0.05, 0.1) is 17.4 Å². The number of amides is 1. The van der Waals surface area contributed by atoms with E-state index in [1.165, 1.54) is 5.01 Å². The monoisotopic (exact) mass is 452 g/mol. The predicted octanol–water partition coefficient (Wildman–Crippen LogP) is 3.31. The van der Waals surface area contributed by atoms with E-state index in [2.05, 4.69) is 10.1 Å². The molecule has 3 aromatic rings. The molecule has 0 aliphatic carbocycles. The van der Waals surface area contributed by atoms with Crippen LogP contribution in [0.3, 0.4) is 0 Å². The third-order valence-electron chi connectivity index (χ3n) is 5.40. The molecule has 1 aromatic carbocycles. The summed E-state index contributed by atoms with van der Waals surface area (Å²) in [5.74, 6) is -0.677. The number of thiophene rings is 1. The van der Waals surface area contributed by atoms with Crippen molar-refractivity contribution in [3.05, 3.63) is 77.6 Å². The van der Waals surface area contributed by atoms with E-state index >= 15 is 0 Å². The molecule has 1 amide bonds. The summed E-state index contributed by atoms with van der Waals surface area (Å²) in [7, 11) is 0. The van der Waals surface area contributed by atoms with Gasteiger partial charge in [0.1, 0.15) is 5.56 Å². The van der Waals surface area contributed by atoms with Gasteiger partial charge in [0.15, 0.2) is 0 Å². The Morgan fingerprint density at radius 3 is 2.47 bits per heavy atom. The number of aromatic nitrogens is 2. The van der Waals surface area contributed by atoms with Crippen LogP contribution in [-0.2, 0) is 4.79 Å². The summed E-state index contributed by atoms with van der Waals surface area (Å²) >= 11 is 1.56. The molecule has 32 heavy (non-hydrogen) atoms. The Bertz CT molecular complexity index is 1340. The minimum atomic E-state index is -0.744. The van der Waals surface area contributed by atoms with Crippen LogP contribution in [0.25, 0.3) is 5.69 Å². The summed E-state index contributed by atoms with van der Waals surface area (Å²) in [6, 6.07) is 8.99. The summed E-state index contributed by atoms with van der Waals surface area (Å²) in [6.45, 7) is 7.49. The topological polar surface area (TPSA) is 108 Å². The van der Waals surface area contributed by atoms with Crippen molar-refractivity contribution < 1.29 is 9.90 Å². The van der Waals surface area contributed by atoms with Crippen molar-refractivity contribution in [3.63, 3.8) is 0 Å². The number of aromatic hydroxyl groups is 1. The van der Waals surface area contributed by atoms with Gasteiger partial charge in [-0.3, -0.25) is 14.6 Å². The van der Waals surface area contributed by atoms with Crippen molar-refractivity contribution in [1.29, 1.82) is 0 Å². The Morgan fingerprint density at radius 1 is 1.19 bits per heavy atom. The minimum Gasteiger partial charge on any atom is -0.493 e. The first kappa shape index (κ1) is 21.8. The Kier molecular flexibility index (Phi) is 5.60. The van der Waals surface area contributed by atoms with Gasteiger partial charge in [0, 0.05) is 22.6 Å². The molecule has 4 rings (SSSR count). The second-order valence-electron chi connectivity index (χ2n) is 7.95. The maximum absolute atomic E-state index is 12.7. The number of hydrazone groups is 1. The largest absolute Gasteiger partial charge is 0.493 e. The van der Waals surface area contributed by atoms with E-state index in [-0.39, 0.29) is 36.1 Å². The van der Waals surface area contributed by atoms with Crippen LogP contribution in [0.5, 0.6) is 5.88 Å². The van der Waals surface area contributed by atoms with E-state index in [0.717, 1.165) is 25.4 Å². The van der Waals surface area contributed by atoms with Gasteiger partial charge in [-0.25, -0.2) is 14.4 Å². The van der Waals surface area contributed by atoms with E-state index in [0.29, 0.717) is 5.69 Å². The number of benzene rings is 1. The van der Waals surface area contributed by atoms with E-state index < -0.39 is 17.1 Å². The van der Waals surface area contributed by atoms with Gasteiger partial charge in [-0.15, -0.1) is 11.3 Å². The van der Waals surface area contributed by atoms with Crippen LogP contribution < -0.4 is 11.2 Å². The molecule has 166 valence electrons. The maximum atomic E-state index is 12.7. The first-order valence-electron chi connectivity index (χ1n) is 10.3. The van der Waals surface area contributed by atoms with E-state index in [4.69, 9.17) is 0 Å². The van der Waals surface area contributed by atoms with Crippen LogP contribution in [0.2, 0.25) is 0 Å². The summed E-state index contributed by atoms with van der Waals surface area (Å²) in [5.41, 5.74) is 0.932. The molecule has 2 N–H and O–H groups in total. The second kappa shape index (κ2) is 8.23. The van der Waals surface area contributed by atoms with Gasteiger partial charge in [0.25, 0.3) is 5.56 Å². The molecular formula is C23H24N4O4S. The van der Waals surface area contributed by atoms with Crippen LogP contribution in [0.4, 0.5) is 0 Å². The van der Waals surface area contributed by atoms with E-state index in [1.54, 1.807) is 30.4 Å². The second-order valence-corrected chi connectivity index (χ2v) is 9.27. The average molecular weight is 453 g/mol. The van der Waals surface area contributed by atoms with E-state index in [1.807, 2.05) is 39.0 Å². The zero-order valence-electron chi connectivity index (χ0n) is 18.3. The number of H-pyrrole nitrogens is 1. The van der Waals surface area contributed by atoms with Crippen molar-refractivity contribution in [1.82, 2.24) is 14.6 Å². The SMILES string of the molecule is CCC(=O)N1N=C(c2c(O)n(-c3cc(C)cc(C)c3)c(=O)[nH]c2=O)C[C@@H]1c1ccc(C)s1. The summed E-state index contributed by atoms with van der Waals surface area (Å²) in [4.78, 5) is 42.3. The highest BCUT2D eigenvalue weighted by Gasteiger charge is 2.36. The Labute approximate surface area is 188 Å². The van der Waals surface area contributed by atoms with Crippen LogP contribution in [0.15, 0.2) is 45.0 Å². The standard InChI is InChI=1S/C23H24N4O4S/c1-5-19(28)27-17(18-7-6-14(4)32-18)11-16(25-27)20-21(29)24-23(31)26(22(20)30)15-9-12(2)8-13(3)10-15/h6-10,17,30H,5,11H2,1-4H3,(H,24,29,31)/t17-/m1/s1. The summed E-state index contributed by atoms with van der Waals surface area (Å²) in [5, 5.41) is 16.9. The lowest BCUT2D eigenvalue weighted by molar-refractivity contribution is -0.132. The number of carbonyl (C=O) groups is 1. The van der Waals surface area contributed by atoms with Crippen molar-refractivity contribution >= 4 is 23.0 Å². The van der Waals surface area contributed by atoms with Crippen molar-refractivity contribution in [2.45, 2.75) is 46.6 Å². The highest BCUT2D eigenvalue weighted by Crippen LogP contribution is 2.37. The number of aromatic amines is 1. The number of aryl methyl sites for hydroxylation is 3. The fourth-order valence-corrected chi connectivity index (χ4v) is 4.98.